The SMILES string of the molecule is C=CCOC12Oc3ccc(O)cc3C3C(CCCCO)C(CCCCO)C=C(C(=NOCC)CC1N(C)C(=O)OCC)C32. The molecule has 0 bridgehead atoms. The number of fused-ring (bicyclic) bond motifs is 2. The first-order valence-corrected chi connectivity index (χ1v) is 15.7. The largest absolute Gasteiger partial charge is 0.508 e. The van der Waals surface area contributed by atoms with E-state index in [1.807, 2.05) is 6.92 Å². The molecule has 0 radical (unpaired) electrons. The Balaban J connectivity index is 1.99. The topological polar surface area (TPSA) is 130 Å². The summed E-state index contributed by atoms with van der Waals surface area (Å²) in [7, 11) is 1.69. The van der Waals surface area contributed by atoms with Gasteiger partial charge in [-0.2, -0.15) is 0 Å². The number of benzene rings is 1. The van der Waals surface area contributed by atoms with Gasteiger partial charge in [0.1, 0.15) is 24.1 Å². The van der Waals surface area contributed by atoms with Crippen molar-refractivity contribution in [1.82, 2.24) is 4.90 Å². The minimum Gasteiger partial charge on any atom is -0.508 e. The lowest BCUT2D eigenvalue weighted by Gasteiger charge is -2.59. The van der Waals surface area contributed by atoms with E-state index < -0.39 is 23.8 Å². The molecule has 10 heteroatoms. The van der Waals surface area contributed by atoms with Crippen LogP contribution in [0.25, 0.3) is 0 Å². The van der Waals surface area contributed by atoms with E-state index in [2.05, 4.69) is 17.8 Å². The van der Waals surface area contributed by atoms with Crippen molar-refractivity contribution in [2.75, 3.05) is 40.1 Å². The standard InChI is InChI=1S/C33H48N2O8/c1-5-18-41-33-29(35(4)32(39)40-6-2)21-27(34-42-7-3)25-19-22(12-8-10-16-36)24(13-9-11-17-37)30(31(25)33)26-20-23(38)14-15-28(26)43-33/h5,14-15,19-20,22,24,29-31,36-38H,1,6-13,16-18,21H2,2-4H3. The Hall–Kier alpha value is -3.08. The van der Waals surface area contributed by atoms with Crippen LogP contribution in [0.1, 0.15) is 70.3 Å². The third-order valence-electron chi connectivity index (χ3n) is 8.98. The van der Waals surface area contributed by atoms with Gasteiger partial charge in [-0.05, 0) is 75.1 Å². The fourth-order valence-electron chi connectivity index (χ4n) is 7.23. The molecule has 43 heavy (non-hydrogen) atoms. The molecule has 0 aromatic heterocycles. The molecule has 6 atom stereocenters. The molecule has 0 spiro atoms. The van der Waals surface area contributed by atoms with Crippen molar-refractivity contribution in [3.63, 3.8) is 0 Å². The molecule has 1 aromatic carbocycles. The quantitative estimate of drug-likeness (QED) is 0.143. The number of aliphatic hydroxyl groups is 2. The molecule has 3 N–H and O–H groups in total. The van der Waals surface area contributed by atoms with Crippen LogP contribution in [0.5, 0.6) is 11.5 Å². The van der Waals surface area contributed by atoms with E-state index in [0.717, 1.165) is 42.5 Å². The van der Waals surface area contributed by atoms with Gasteiger partial charge >= 0.3 is 6.09 Å². The van der Waals surface area contributed by atoms with Gasteiger partial charge in [-0.15, -0.1) is 6.58 Å². The van der Waals surface area contributed by atoms with E-state index in [1.165, 1.54) is 0 Å². The number of phenols is 1. The minimum atomic E-state index is -1.31. The summed E-state index contributed by atoms with van der Waals surface area (Å²) in [6.45, 7) is 8.58. The van der Waals surface area contributed by atoms with Crippen molar-refractivity contribution in [3.8, 4) is 11.5 Å². The number of hydrogen-bond acceptors (Lipinski definition) is 9. The Morgan fingerprint density at radius 1 is 1.16 bits per heavy atom. The second-order valence-corrected chi connectivity index (χ2v) is 11.5. The van der Waals surface area contributed by atoms with Crippen molar-refractivity contribution < 1.29 is 39.2 Å². The Labute approximate surface area is 254 Å². The predicted octanol–water partition coefficient (Wildman–Crippen LogP) is 5.13. The molecular formula is C33H48N2O8. The summed E-state index contributed by atoms with van der Waals surface area (Å²) in [6, 6.07) is 4.53. The van der Waals surface area contributed by atoms with Gasteiger partial charge in [-0.3, -0.25) is 0 Å². The van der Waals surface area contributed by atoms with E-state index in [0.29, 0.717) is 31.6 Å². The zero-order valence-corrected chi connectivity index (χ0v) is 25.7. The highest BCUT2D eigenvalue weighted by molar-refractivity contribution is 6.02. The van der Waals surface area contributed by atoms with Crippen molar-refractivity contribution in [2.45, 2.75) is 76.5 Å². The number of nitrogens with zero attached hydrogens (tertiary/aromatic N) is 2. The summed E-state index contributed by atoms with van der Waals surface area (Å²) in [6.07, 6.45) is 8.53. The number of phenolic OH excluding ortho intramolecular Hbond substituents is 1. The second-order valence-electron chi connectivity index (χ2n) is 11.5. The number of aliphatic hydroxyl groups excluding tert-OH is 2. The summed E-state index contributed by atoms with van der Waals surface area (Å²) in [4.78, 5) is 20.4. The molecule has 1 aromatic rings. The van der Waals surface area contributed by atoms with Crippen LogP contribution in [0.15, 0.2) is 47.7 Å². The number of aromatic hydroxyl groups is 1. The summed E-state index contributed by atoms with van der Waals surface area (Å²) in [5.41, 5.74) is 2.56. The fraction of sp³-hybridized carbons (Fsp3) is 0.636. The average molecular weight is 601 g/mol. The zero-order chi connectivity index (χ0) is 31.0. The summed E-state index contributed by atoms with van der Waals surface area (Å²) < 4.78 is 19.0. The van der Waals surface area contributed by atoms with E-state index in [-0.39, 0.29) is 49.9 Å². The molecule has 3 aliphatic rings. The lowest BCUT2D eigenvalue weighted by atomic mass is 9.55. The number of allylic oxidation sites excluding steroid dienone is 1. The van der Waals surface area contributed by atoms with Crippen LogP contribution in [0.3, 0.4) is 0 Å². The summed E-state index contributed by atoms with van der Waals surface area (Å²) in [5, 5.41) is 34.5. The Morgan fingerprint density at radius 3 is 2.58 bits per heavy atom. The molecule has 1 saturated carbocycles. The second kappa shape index (κ2) is 15.1. The summed E-state index contributed by atoms with van der Waals surface area (Å²) >= 11 is 0. The molecule has 1 amide bonds. The van der Waals surface area contributed by atoms with Gasteiger partial charge in [-0.1, -0.05) is 30.1 Å². The molecule has 1 fully saturated rings. The number of likely N-dealkylation sites (N-methyl/N-ethyl adjacent to an activating group) is 1. The molecule has 0 saturated heterocycles. The fourth-order valence-corrected chi connectivity index (χ4v) is 7.23. The van der Waals surface area contributed by atoms with Gasteiger partial charge in [0, 0.05) is 38.2 Å². The third-order valence-corrected chi connectivity index (χ3v) is 8.98. The van der Waals surface area contributed by atoms with Gasteiger partial charge in [-0.25, -0.2) is 4.79 Å². The smallest absolute Gasteiger partial charge is 0.409 e. The highest BCUT2D eigenvalue weighted by Crippen LogP contribution is 2.61. The van der Waals surface area contributed by atoms with E-state index in [9.17, 15) is 20.1 Å². The van der Waals surface area contributed by atoms with Gasteiger partial charge in [0.05, 0.1) is 24.8 Å². The number of hydrogen-bond donors (Lipinski definition) is 3. The number of carbonyl (C=O) groups is 1. The van der Waals surface area contributed by atoms with E-state index in [4.69, 9.17) is 19.0 Å². The molecule has 6 unspecified atom stereocenters. The van der Waals surface area contributed by atoms with Crippen LogP contribution >= 0.6 is 0 Å². The van der Waals surface area contributed by atoms with Gasteiger partial charge < -0.3 is 39.3 Å². The summed E-state index contributed by atoms with van der Waals surface area (Å²) in [5.74, 6) is -0.893. The third kappa shape index (κ3) is 6.71. The maximum atomic E-state index is 13.2. The number of unbranched alkanes of at least 4 members (excludes halogenated alkanes) is 2. The Bertz CT molecular complexity index is 1170. The first kappa shape index (κ1) is 32.8. The van der Waals surface area contributed by atoms with Crippen LogP contribution in [0.2, 0.25) is 0 Å². The number of rotatable bonds is 15. The number of ether oxygens (including phenoxy) is 3. The predicted molar refractivity (Wildman–Crippen MR) is 163 cm³/mol. The Morgan fingerprint density at radius 2 is 1.91 bits per heavy atom. The van der Waals surface area contributed by atoms with Crippen LogP contribution in [0.4, 0.5) is 4.79 Å². The van der Waals surface area contributed by atoms with Crippen molar-refractivity contribution in [3.05, 3.63) is 48.1 Å². The van der Waals surface area contributed by atoms with Crippen molar-refractivity contribution in [2.24, 2.45) is 22.9 Å². The number of amides is 1. The highest BCUT2D eigenvalue weighted by Gasteiger charge is 2.65. The van der Waals surface area contributed by atoms with E-state index >= 15 is 0 Å². The molecule has 4 rings (SSSR count). The first-order valence-electron chi connectivity index (χ1n) is 15.7. The van der Waals surface area contributed by atoms with E-state index in [1.54, 1.807) is 43.1 Å². The highest BCUT2D eigenvalue weighted by atomic mass is 16.7. The molecule has 10 nitrogen and oxygen atoms in total. The minimum absolute atomic E-state index is 0.107. The molecule has 1 aliphatic heterocycles. The van der Waals surface area contributed by atoms with Crippen LogP contribution in [-0.4, -0.2) is 83.9 Å². The maximum Gasteiger partial charge on any atom is 0.409 e. The lowest BCUT2D eigenvalue weighted by molar-refractivity contribution is -0.253. The molecule has 2 aliphatic carbocycles. The van der Waals surface area contributed by atoms with Crippen LogP contribution < -0.4 is 4.74 Å². The van der Waals surface area contributed by atoms with Crippen LogP contribution in [-0.2, 0) is 14.3 Å². The average Bonchev–Trinajstić information content (AvgIpc) is 3.00. The molecule has 1 heterocycles. The van der Waals surface area contributed by atoms with Crippen molar-refractivity contribution in [1.29, 1.82) is 0 Å². The lowest BCUT2D eigenvalue weighted by Crippen LogP contribution is -2.69. The van der Waals surface area contributed by atoms with Crippen LogP contribution in [0, 0.1) is 17.8 Å². The monoisotopic (exact) mass is 600 g/mol. The first-order chi connectivity index (χ1) is 20.9. The van der Waals surface area contributed by atoms with Crippen molar-refractivity contribution >= 4 is 11.8 Å². The van der Waals surface area contributed by atoms with Gasteiger partial charge in [0.25, 0.3) is 0 Å². The molecule has 238 valence electrons. The maximum absolute atomic E-state index is 13.2. The number of carbonyl (C=O) groups excluding carboxylic acids is 1. The van der Waals surface area contributed by atoms with Gasteiger partial charge in [0.15, 0.2) is 0 Å². The zero-order valence-electron chi connectivity index (χ0n) is 25.7. The normalized spacial score (nSPS) is 28.3. The van der Waals surface area contributed by atoms with Gasteiger partial charge in [0.2, 0.25) is 5.79 Å². The number of oxime groups is 1. The molecular weight excluding hydrogens is 552 g/mol. The Kier molecular flexibility index (Phi) is 11.5.